The molecule has 1 aromatic carbocycles. The van der Waals surface area contributed by atoms with Gasteiger partial charge in [0.15, 0.2) is 11.5 Å². The summed E-state index contributed by atoms with van der Waals surface area (Å²) in [6, 6.07) is 4.19. The van der Waals surface area contributed by atoms with Crippen LogP contribution in [0.3, 0.4) is 0 Å². The predicted octanol–water partition coefficient (Wildman–Crippen LogP) is 2.80. The van der Waals surface area contributed by atoms with Crippen LogP contribution >= 0.6 is 11.6 Å². The third kappa shape index (κ3) is 4.02. The summed E-state index contributed by atoms with van der Waals surface area (Å²) in [5.74, 6) is 0.333. The average Bonchev–Trinajstić information content (AvgIpc) is 3.28. The Hall–Kier alpha value is -1.46. The van der Waals surface area contributed by atoms with Crippen LogP contribution < -0.4 is 9.47 Å². The molecule has 2 rings (SSSR count). The van der Waals surface area contributed by atoms with Gasteiger partial charge in [-0.2, -0.15) is 0 Å². The molecule has 0 amide bonds. The number of methoxy groups -OCH3 is 2. The summed E-state index contributed by atoms with van der Waals surface area (Å²) >= 11 is 6.38. The lowest BCUT2D eigenvalue weighted by molar-refractivity contribution is -0.137. The van der Waals surface area contributed by atoms with E-state index in [2.05, 4.69) is 4.90 Å². The number of hydrogen-bond acceptors (Lipinski definition) is 4. The molecule has 0 bridgehead atoms. The molecule has 0 aromatic heterocycles. The maximum atomic E-state index is 10.8. The second kappa shape index (κ2) is 7.00. The Kier molecular flexibility index (Phi) is 5.31. The number of carboxylic acid groups (broad SMARTS) is 1. The third-order valence-corrected chi connectivity index (χ3v) is 4.03. The molecule has 0 spiro atoms. The fraction of sp³-hybridized carbons (Fsp3) is 0.533. The lowest BCUT2D eigenvalue weighted by atomic mass is 10.1. The summed E-state index contributed by atoms with van der Waals surface area (Å²) in [7, 11) is 3.12. The molecule has 1 saturated carbocycles. The van der Waals surface area contributed by atoms with E-state index in [1.165, 1.54) is 0 Å². The average molecular weight is 314 g/mol. The van der Waals surface area contributed by atoms with E-state index in [9.17, 15) is 4.79 Å². The number of hydrogen-bond donors (Lipinski definition) is 1. The van der Waals surface area contributed by atoms with E-state index < -0.39 is 5.97 Å². The summed E-state index contributed by atoms with van der Waals surface area (Å²) in [5.41, 5.74) is 0.923. The molecular weight excluding hydrogens is 294 g/mol. The molecule has 0 heterocycles. The summed E-state index contributed by atoms with van der Waals surface area (Å²) in [5, 5.41) is 9.37. The van der Waals surface area contributed by atoms with E-state index in [0.29, 0.717) is 35.7 Å². The first-order valence-corrected chi connectivity index (χ1v) is 7.29. The predicted molar refractivity (Wildman–Crippen MR) is 80.2 cm³/mol. The number of benzene rings is 1. The van der Waals surface area contributed by atoms with E-state index in [0.717, 1.165) is 18.4 Å². The van der Waals surface area contributed by atoms with Crippen molar-refractivity contribution in [2.45, 2.75) is 31.8 Å². The topological polar surface area (TPSA) is 59.0 Å². The molecule has 21 heavy (non-hydrogen) atoms. The van der Waals surface area contributed by atoms with Crippen LogP contribution in [0.1, 0.15) is 24.8 Å². The van der Waals surface area contributed by atoms with E-state index >= 15 is 0 Å². The zero-order valence-electron chi connectivity index (χ0n) is 12.3. The highest BCUT2D eigenvalue weighted by Crippen LogP contribution is 2.38. The van der Waals surface area contributed by atoms with Crippen molar-refractivity contribution in [3.8, 4) is 11.5 Å². The molecule has 1 fully saturated rings. The zero-order valence-corrected chi connectivity index (χ0v) is 13.0. The van der Waals surface area contributed by atoms with Crippen LogP contribution in [0.2, 0.25) is 5.02 Å². The fourth-order valence-corrected chi connectivity index (χ4v) is 2.63. The maximum Gasteiger partial charge on any atom is 0.304 e. The third-order valence-electron chi connectivity index (χ3n) is 3.61. The number of rotatable bonds is 8. The number of carboxylic acids is 1. The quantitative estimate of drug-likeness (QED) is 0.799. The van der Waals surface area contributed by atoms with E-state index in [4.69, 9.17) is 26.2 Å². The first-order chi connectivity index (χ1) is 10.1. The lowest BCUT2D eigenvalue weighted by Gasteiger charge is -2.22. The Morgan fingerprint density at radius 1 is 1.38 bits per heavy atom. The van der Waals surface area contributed by atoms with Gasteiger partial charge in [-0.15, -0.1) is 0 Å². The van der Waals surface area contributed by atoms with Crippen molar-refractivity contribution in [3.63, 3.8) is 0 Å². The van der Waals surface area contributed by atoms with Crippen molar-refractivity contribution in [2.24, 2.45) is 0 Å². The minimum Gasteiger partial charge on any atom is -0.493 e. The van der Waals surface area contributed by atoms with Gasteiger partial charge in [-0.05, 0) is 24.5 Å². The van der Waals surface area contributed by atoms with Gasteiger partial charge in [0, 0.05) is 19.1 Å². The number of ether oxygens (including phenoxy) is 2. The maximum absolute atomic E-state index is 10.8. The normalized spacial score (nSPS) is 14.3. The molecule has 1 aromatic rings. The summed E-state index contributed by atoms with van der Waals surface area (Å²) in [6.07, 6.45) is 2.37. The van der Waals surface area contributed by atoms with E-state index in [-0.39, 0.29) is 6.42 Å². The van der Waals surface area contributed by atoms with Crippen molar-refractivity contribution < 1.29 is 19.4 Å². The standard InChI is InChI=1S/C15H20ClNO4/c1-20-12-6-3-10(14(16)15(12)21-2)9-17(11-4-5-11)8-7-13(18)19/h3,6,11H,4-5,7-9H2,1-2H3,(H,18,19). The molecule has 1 aliphatic carbocycles. The molecule has 0 aliphatic heterocycles. The second-order valence-corrected chi connectivity index (χ2v) is 5.50. The highest BCUT2D eigenvalue weighted by molar-refractivity contribution is 6.33. The largest absolute Gasteiger partial charge is 0.493 e. The second-order valence-electron chi connectivity index (χ2n) is 5.12. The minimum absolute atomic E-state index is 0.140. The first-order valence-electron chi connectivity index (χ1n) is 6.92. The number of nitrogens with zero attached hydrogens (tertiary/aromatic N) is 1. The van der Waals surface area contributed by atoms with Gasteiger partial charge in [0.2, 0.25) is 0 Å². The summed E-state index contributed by atoms with van der Waals surface area (Å²) in [4.78, 5) is 12.9. The van der Waals surface area contributed by atoms with Gasteiger partial charge in [-0.1, -0.05) is 17.7 Å². The van der Waals surface area contributed by atoms with Crippen molar-refractivity contribution >= 4 is 17.6 Å². The Labute approximate surface area is 129 Å². The van der Waals surface area contributed by atoms with Gasteiger partial charge in [0.1, 0.15) is 0 Å². The van der Waals surface area contributed by atoms with Crippen LogP contribution in [0.5, 0.6) is 11.5 Å². The molecule has 6 heteroatoms. The molecule has 5 nitrogen and oxygen atoms in total. The molecule has 0 radical (unpaired) electrons. The SMILES string of the molecule is COc1ccc(CN(CCC(=O)O)C2CC2)c(Cl)c1OC. The Balaban J connectivity index is 2.14. The van der Waals surface area contributed by atoms with Crippen LogP contribution in [-0.2, 0) is 11.3 Å². The Bertz CT molecular complexity index is 517. The highest BCUT2D eigenvalue weighted by atomic mass is 35.5. The van der Waals surface area contributed by atoms with Gasteiger partial charge in [0.05, 0.1) is 25.7 Å². The van der Waals surface area contributed by atoms with Gasteiger partial charge < -0.3 is 14.6 Å². The van der Waals surface area contributed by atoms with Crippen LogP contribution in [-0.4, -0.2) is 42.8 Å². The first kappa shape index (κ1) is 15.9. The van der Waals surface area contributed by atoms with Crippen molar-refractivity contribution in [3.05, 3.63) is 22.7 Å². The molecular formula is C15H20ClNO4. The van der Waals surface area contributed by atoms with Crippen molar-refractivity contribution in [2.75, 3.05) is 20.8 Å². The molecule has 0 saturated heterocycles. The van der Waals surface area contributed by atoms with Gasteiger partial charge >= 0.3 is 5.97 Å². The summed E-state index contributed by atoms with van der Waals surface area (Å²) < 4.78 is 10.5. The Morgan fingerprint density at radius 3 is 2.62 bits per heavy atom. The van der Waals surface area contributed by atoms with Gasteiger partial charge in [-0.25, -0.2) is 0 Å². The summed E-state index contributed by atoms with van der Waals surface area (Å²) in [6.45, 7) is 1.15. The van der Waals surface area contributed by atoms with Crippen LogP contribution in [0.15, 0.2) is 12.1 Å². The van der Waals surface area contributed by atoms with Gasteiger partial charge in [-0.3, -0.25) is 9.69 Å². The smallest absolute Gasteiger partial charge is 0.304 e. The number of carbonyl (C=O) groups is 1. The monoisotopic (exact) mass is 313 g/mol. The Morgan fingerprint density at radius 2 is 2.10 bits per heavy atom. The van der Waals surface area contributed by atoms with E-state index in [1.807, 2.05) is 12.1 Å². The highest BCUT2D eigenvalue weighted by Gasteiger charge is 2.30. The fourth-order valence-electron chi connectivity index (χ4n) is 2.34. The van der Waals surface area contributed by atoms with E-state index in [1.54, 1.807) is 14.2 Å². The lowest BCUT2D eigenvalue weighted by Crippen LogP contribution is -2.28. The number of halogens is 1. The molecule has 0 unspecified atom stereocenters. The van der Waals surface area contributed by atoms with Crippen molar-refractivity contribution in [1.29, 1.82) is 0 Å². The zero-order chi connectivity index (χ0) is 15.4. The van der Waals surface area contributed by atoms with Crippen molar-refractivity contribution in [1.82, 2.24) is 4.90 Å². The van der Waals surface area contributed by atoms with Crippen LogP contribution in [0.4, 0.5) is 0 Å². The van der Waals surface area contributed by atoms with Crippen LogP contribution in [0.25, 0.3) is 0 Å². The molecule has 1 aliphatic rings. The molecule has 1 N–H and O–H groups in total. The van der Waals surface area contributed by atoms with Crippen LogP contribution in [0, 0.1) is 0 Å². The van der Waals surface area contributed by atoms with Gasteiger partial charge in [0.25, 0.3) is 0 Å². The molecule has 116 valence electrons. The molecule has 0 atom stereocenters. The minimum atomic E-state index is -0.779. The number of aliphatic carboxylic acids is 1.